The molecule has 3 atom stereocenters. The van der Waals surface area contributed by atoms with Gasteiger partial charge in [0.05, 0.1) is 6.10 Å². The van der Waals surface area contributed by atoms with Crippen LogP contribution in [0.3, 0.4) is 0 Å². The third kappa shape index (κ3) is 0.746. The monoisotopic (exact) mass is 280 g/mol. The Morgan fingerprint density at radius 3 is 2.00 bits per heavy atom. The minimum Gasteiger partial charge on any atom is -0.392 e. The summed E-state index contributed by atoms with van der Waals surface area (Å²) in [5.74, 6) is 0. The fourth-order valence-corrected chi connectivity index (χ4v) is 4.37. The molecule has 0 aliphatic heterocycles. The van der Waals surface area contributed by atoms with Crippen molar-refractivity contribution < 1.29 is 5.11 Å². The molecule has 0 radical (unpaired) electrons. The molecule has 0 unspecified atom stereocenters. The molecule has 0 spiro atoms. The molecule has 1 nitrogen and oxygen atoms in total. The van der Waals surface area contributed by atoms with E-state index in [4.69, 9.17) is 0 Å². The quantitative estimate of drug-likeness (QED) is 0.534. The molecule has 0 saturated heterocycles. The van der Waals surface area contributed by atoms with Crippen LogP contribution in [0.2, 0.25) is 0 Å². The van der Waals surface area contributed by atoms with Crippen LogP contribution >= 0.6 is 22.6 Å². The van der Waals surface area contributed by atoms with Gasteiger partial charge in [-0.25, -0.2) is 0 Å². The SMILES string of the molecule is CC1(C)[C@@]2(I)CC[C@]1(C)[C@@H](O)C2. The van der Waals surface area contributed by atoms with E-state index in [1.54, 1.807) is 0 Å². The van der Waals surface area contributed by atoms with Crippen LogP contribution in [-0.4, -0.2) is 14.6 Å². The second-order valence-electron chi connectivity index (χ2n) is 5.23. The zero-order valence-electron chi connectivity index (χ0n) is 8.02. The topological polar surface area (TPSA) is 20.2 Å². The standard InChI is InChI=1S/C10H17IO/c1-8(2)9(3)4-5-10(8,11)6-7(9)12/h7,12H,4-6H2,1-3H3/t7-,9+,10+/m0/s1. The summed E-state index contributed by atoms with van der Waals surface area (Å²) in [7, 11) is 0. The second kappa shape index (κ2) is 2.19. The molecular weight excluding hydrogens is 263 g/mol. The van der Waals surface area contributed by atoms with Crippen LogP contribution in [0.5, 0.6) is 0 Å². The van der Waals surface area contributed by atoms with Crippen molar-refractivity contribution in [1.82, 2.24) is 0 Å². The molecule has 0 aromatic rings. The third-order valence-electron chi connectivity index (χ3n) is 4.84. The maximum atomic E-state index is 9.97. The summed E-state index contributed by atoms with van der Waals surface area (Å²) in [6.45, 7) is 6.90. The van der Waals surface area contributed by atoms with Crippen LogP contribution in [0.25, 0.3) is 0 Å². The maximum Gasteiger partial charge on any atom is 0.0612 e. The molecule has 2 saturated carbocycles. The number of aliphatic hydroxyl groups excluding tert-OH is 1. The third-order valence-corrected chi connectivity index (χ3v) is 7.17. The van der Waals surface area contributed by atoms with Crippen molar-refractivity contribution >= 4 is 22.6 Å². The highest BCUT2D eigenvalue weighted by molar-refractivity contribution is 14.1. The highest BCUT2D eigenvalue weighted by atomic mass is 127. The van der Waals surface area contributed by atoms with Crippen molar-refractivity contribution in [2.24, 2.45) is 10.8 Å². The zero-order valence-corrected chi connectivity index (χ0v) is 10.2. The highest BCUT2D eigenvalue weighted by Gasteiger charge is 2.68. The summed E-state index contributed by atoms with van der Waals surface area (Å²) in [5, 5.41) is 9.97. The van der Waals surface area contributed by atoms with Crippen molar-refractivity contribution in [1.29, 1.82) is 0 Å². The van der Waals surface area contributed by atoms with Gasteiger partial charge in [-0.1, -0.05) is 43.4 Å². The Labute approximate surface area is 88.1 Å². The Hall–Kier alpha value is 0.690. The van der Waals surface area contributed by atoms with E-state index in [9.17, 15) is 5.11 Å². The summed E-state index contributed by atoms with van der Waals surface area (Å²) in [4.78, 5) is 0. The molecule has 0 amide bonds. The maximum absolute atomic E-state index is 9.97. The lowest BCUT2D eigenvalue weighted by Gasteiger charge is -2.38. The predicted molar refractivity (Wildman–Crippen MR) is 58.5 cm³/mol. The zero-order chi connectivity index (χ0) is 9.20. The number of halogens is 1. The van der Waals surface area contributed by atoms with E-state index in [-0.39, 0.29) is 11.5 Å². The molecule has 2 bridgehead atoms. The van der Waals surface area contributed by atoms with Gasteiger partial charge in [0, 0.05) is 3.42 Å². The highest BCUT2D eigenvalue weighted by Crippen LogP contribution is 2.70. The molecule has 2 aliphatic rings. The molecule has 0 heterocycles. The van der Waals surface area contributed by atoms with Crippen molar-refractivity contribution in [2.75, 3.05) is 0 Å². The molecule has 2 rings (SSSR count). The van der Waals surface area contributed by atoms with E-state index < -0.39 is 0 Å². The van der Waals surface area contributed by atoms with E-state index in [1.165, 1.54) is 12.8 Å². The van der Waals surface area contributed by atoms with Gasteiger partial charge in [0.1, 0.15) is 0 Å². The van der Waals surface area contributed by atoms with E-state index in [2.05, 4.69) is 43.4 Å². The average Bonchev–Trinajstić information content (AvgIpc) is 2.18. The molecule has 0 aromatic heterocycles. The van der Waals surface area contributed by atoms with Crippen LogP contribution in [0.4, 0.5) is 0 Å². The molecule has 1 N–H and O–H groups in total. The smallest absolute Gasteiger partial charge is 0.0612 e. The average molecular weight is 280 g/mol. The van der Waals surface area contributed by atoms with Crippen molar-refractivity contribution in [3.63, 3.8) is 0 Å². The number of hydrogen-bond acceptors (Lipinski definition) is 1. The van der Waals surface area contributed by atoms with Gasteiger partial charge >= 0.3 is 0 Å². The second-order valence-corrected chi connectivity index (χ2v) is 7.29. The first-order chi connectivity index (χ1) is 5.33. The van der Waals surface area contributed by atoms with Gasteiger partial charge in [0.25, 0.3) is 0 Å². The largest absolute Gasteiger partial charge is 0.392 e. The van der Waals surface area contributed by atoms with E-state index in [0.29, 0.717) is 8.84 Å². The van der Waals surface area contributed by atoms with Crippen LogP contribution in [0.1, 0.15) is 40.0 Å². The Balaban J connectivity index is 2.49. The Morgan fingerprint density at radius 2 is 1.83 bits per heavy atom. The summed E-state index contributed by atoms with van der Waals surface area (Å²) in [5.41, 5.74) is 0.480. The minimum atomic E-state index is -0.0712. The Kier molecular flexibility index (Phi) is 1.69. The van der Waals surface area contributed by atoms with Gasteiger partial charge in [-0.2, -0.15) is 0 Å². The Morgan fingerprint density at radius 1 is 1.25 bits per heavy atom. The summed E-state index contributed by atoms with van der Waals surface area (Å²) in [6, 6.07) is 0. The van der Waals surface area contributed by atoms with Crippen LogP contribution in [-0.2, 0) is 0 Å². The van der Waals surface area contributed by atoms with Crippen LogP contribution in [0, 0.1) is 10.8 Å². The molecule has 2 heteroatoms. The lowest BCUT2D eigenvalue weighted by atomic mass is 9.70. The fourth-order valence-electron chi connectivity index (χ4n) is 3.07. The normalized spacial score (nSPS) is 56.2. The van der Waals surface area contributed by atoms with Gasteiger partial charge in [0.15, 0.2) is 0 Å². The first kappa shape index (κ1) is 9.25. The summed E-state index contributed by atoms with van der Waals surface area (Å²) >= 11 is 2.58. The van der Waals surface area contributed by atoms with Gasteiger partial charge in [-0.05, 0) is 30.1 Å². The van der Waals surface area contributed by atoms with Gasteiger partial charge < -0.3 is 5.11 Å². The van der Waals surface area contributed by atoms with Crippen LogP contribution < -0.4 is 0 Å². The molecule has 2 aliphatic carbocycles. The molecule has 70 valence electrons. The van der Waals surface area contributed by atoms with E-state index >= 15 is 0 Å². The lowest BCUT2D eigenvalue weighted by Crippen LogP contribution is -2.37. The number of alkyl halides is 1. The fraction of sp³-hybridized carbons (Fsp3) is 1.00. The number of fused-ring (bicyclic) bond motifs is 2. The molecule has 2 fully saturated rings. The summed E-state index contributed by atoms with van der Waals surface area (Å²) in [6.07, 6.45) is 3.41. The number of aliphatic hydroxyl groups is 1. The van der Waals surface area contributed by atoms with Crippen molar-refractivity contribution in [2.45, 2.75) is 49.6 Å². The van der Waals surface area contributed by atoms with E-state index in [1.807, 2.05) is 0 Å². The van der Waals surface area contributed by atoms with Gasteiger partial charge in [0.2, 0.25) is 0 Å². The predicted octanol–water partition coefficient (Wildman–Crippen LogP) is 2.75. The molecule has 0 aromatic carbocycles. The molecular formula is C10H17IO. The number of hydrogen-bond donors (Lipinski definition) is 1. The first-order valence-electron chi connectivity index (χ1n) is 4.70. The van der Waals surface area contributed by atoms with Gasteiger partial charge in [-0.3, -0.25) is 0 Å². The first-order valence-corrected chi connectivity index (χ1v) is 5.78. The van der Waals surface area contributed by atoms with E-state index in [0.717, 1.165) is 6.42 Å². The van der Waals surface area contributed by atoms with Gasteiger partial charge in [-0.15, -0.1) is 0 Å². The molecule has 12 heavy (non-hydrogen) atoms. The Bertz CT molecular complexity index is 223. The lowest BCUT2D eigenvalue weighted by molar-refractivity contribution is 0.0129. The van der Waals surface area contributed by atoms with Crippen molar-refractivity contribution in [3.05, 3.63) is 0 Å². The number of rotatable bonds is 0. The van der Waals surface area contributed by atoms with Crippen molar-refractivity contribution in [3.8, 4) is 0 Å². The minimum absolute atomic E-state index is 0.0712. The summed E-state index contributed by atoms with van der Waals surface area (Å²) < 4.78 is 0.360. The van der Waals surface area contributed by atoms with Crippen LogP contribution in [0.15, 0.2) is 0 Å².